The third kappa shape index (κ3) is 4.12. The van der Waals surface area contributed by atoms with Crippen LogP contribution >= 0.6 is 11.8 Å². The minimum absolute atomic E-state index is 0.106. The molecule has 0 aliphatic heterocycles. The first-order valence-corrected chi connectivity index (χ1v) is 8.77. The summed E-state index contributed by atoms with van der Waals surface area (Å²) in [6, 6.07) is 10.9. The molecule has 0 atom stereocenters. The van der Waals surface area contributed by atoms with Gasteiger partial charge in [0.1, 0.15) is 6.54 Å². The summed E-state index contributed by atoms with van der Waals surface area (Å²) < 4.78 is 6.84. The van der Waals surface area contributed by atoms with Crippen LogP contribution in [0.25, 0.3) is 11.6 Å². The van der Waals surface area contributed by atoms with Crippen LogP contribution in [0, 0.1) is 6.92 Å². The van der Waals surface area contributed by atoms with E-state index in [9.17, 15) is 9.59 Å². The summed E-state index contributed by atoms with van der Waals surface area (Å²) in [4.78, 5) is 23.6. The normalized spacial score (nSPS) is 10.7. The maximum atomic E-state index is 12.2. The number of aromatic nitrogens is 3. The molecule has 3 N–H and O–H groups in total. The fourth-order valence-corrected chi connectivity index (χ4v) is 3.05. The lowest BCUT2D eigenvalue weighted by atomic mass is 10.2. The molecule has 0 spiro atoms. The van der Waals surface area contributed by atoms with Crippen LogP contribution in [0.5, 0.6) is 0 Å². The molecule has 9 heteroatoms. The first-order chi connectivity index (χ1) is 12.5. The molecule has 0 unspecified atom stereocenters. The van der Waals surface area contributed by atoms with E-state index in [2.05, 4.69) is 15.5 Å². The zero-order chi connectivity index (χ0) is 18.5. The number of para-hydroxylation sites is 1. The van der Waals surface area contributed by atoms with Crippen molar-refractivity contribution in [2.75, 3.05) is 11.1 Å². The number of hydrogen-bond acceptors (Lipinski definition) is 6. The van der Waals surface area contributed by atoms with Gasteiger partial charge in [-0.2, -0.15) is 0 Å². The van der Waals surface area contributed by atoms with E-state index in [-0.39, 0.29) is 18.2 Å². The van der Waals surface area contributed by atoms with Crippen LogP contribution in [0.2, 0.25) is 0 Å². The summed E-state index contributed by atoms with van der Waals surface area (Å²) in [5, 5.41) is 11.4. The van der Waals surface area contributed by atoms with Crippen LogP contribution in [0.3, 0.4) is 0 Å². The van der Waals surface area contributed by atoms with Crippen LogP contribution in [-0.2, 0) is 16.1 Å². The predicted molar refractivity (Wildman–Crippen MR) is 97.5 cm³/mol. The van der Waals surface area contributed by atoms with E-state index in [1.807, 2.05) is 31.2 Å². The Balaban J connectivity index is 1.72. The minimum Gasteiger partial charge on any atom is -0.461 e. The van der Waals surface area contributed by atoms with Crippen molar-refractivity contribution in [3.05, 3.63) is 48.2 Å². The van der Waals surface area contributed by atoms with Gasteiger partial charge >= 0.3 is 0 Å². The van der Waals surface area contributed by atoms with Gasteiger partial charge in [-0.05, 0) is 30.7 Å². The van der Waals surface area contributed by atoms with Crippen molar-refractivity contribution < 1.29 is 14.0 Å². The van der Waals surface area contributed by atoms with Gasteiger partial charge in [-0.3, -0.25) is 14.2 Å². The number of carbonyl (C=O) groups excluding carboxylic acids is 2. The van der Waals surface area contributed by atoms with Gasteiger partial charge < -0.3 is 15.5 Å². The van der Waals surface area contributed by atoms with Gasteiger partial charge in [0.05, 0.1) is 12.0 Å². The van der Waals surface area contributed by atoms with E-state index in [1.165, 1.54) is 22.6 Å². The highest BCUT2D eigenvalue weighted by molar-refractivity contribution is 7.99. The number of nitrogens with one attached hydrogen (secondary N) is 1. The highest BCUT2D eigenvalue weighted by atomic mass is 32.2. The monoisotopic (exact) mass is 371 g/mol. The van der Waals surface area contributed by atoms with Gasteiger partial charge in [0.15, 0.2) is 10.9 Å². The van der Waals surface area contributed by atoms with E-state index in [4.69, 9.17) is 10.2 Å². The van der Waals surface area contributed by atoms with E-state index >= 15 is 0 Å². The van der Waals surface area contributed by atoms with Crippen molar-refractivity contribution in [3.63, 3.8) is 0 Å². The van der Waals surface area contributed by atoms with E-state index in [0.29, 0.717) is 16.7 Å². The second-order valence-corrected chi connectivity index (χ2v) is 6.43. The summed E-state index contributed by atoms with van der Waals surface area (Å²) in [6.45, 7) is 1.81. The van der Waals surface area contributed by atoms with Crippen molar-refractivity contribution >= 4 is 29.3 Å². The Kier molecular flexibility index (Phi) is 5.37. The summed E-state index contributed by atoms with van der Waals surface area (Å²) >= 11 is 1.17. The zero-order valence-corrected chi connectivity index (χ0v) is 14.8. The molecule has 3 aromatic rings. The van der Waals surface area contributed by atoms with Gasteiger partial charge in [0.25, 0.3) is 0 Å². The van der Waals surface area contributed by atoms with Crippen molar-refractivity contribution in [2.45, 2.75) is 18.6 Å². The summed E-state index contributed by atoms with van der Waals surface area (Å²) in [6.07, 6.45) is 1.50. The maximum Gasteiger partial charge on any atom is 0.237 e. The number of carbonyl (C=O) groups is 2. The Labute approximate surface area is 153 Å². The van der Waals surface area contributed by atoms with Gasteiger partial charge in [0.2, 0.25) is 17.6 Å². The number of furan rings is 1. The lowest BCUT2D eigenvalue weighted by molar-refractivity contribution is -0.118. The van der Waals surface area contributed by atoms with Gasteiger partial charge in [-0.1, -0.05) is 30.0 Å². The molecule has 134 valence electrons. The molecule has 2 heterocycles. The van der Waals surface area contributed by atoms with Gasteiger partial charge in [-0.15, -0.1) is 10.2 Å². The number of hydrogen-bond donors (Lipinski definition) is 2. The number of benzene rings is 1. The second-order valence-electron chi connectivity index (χ2n) is 5.49. The molecular weight excluding hydrogens is 354 g/mol. The lowest BCUT2D eigenvalue weighted by Crippen LogP contribution is -2.20. The van der Waals surface area contributed by atoms with Crippen LogP contribution in [-0.4, -0.2) is 32.3 Å². The SMILES string of the molecule is Cc1ccccc1NC(=O)CSc1nnc(-c2ccco2)n1CC(N)=O. The van der Waals surface area contributed by atoms with Crippen molar-refractivity contribution in [3.8, 4) is 11.6 Å². The molecule has 1 aromatic carbocycles. The number of primary amides is 1. The standard InChI is InChI=1S/C17H17N5O3S/c1-11-5-2-3-6-12(11)19-15(24)10-26-17-21-20-16(13-7-4-8-25-13)22(17)9-14(18)23/h2-8H,9-10H2,1H3,(H2,18,23)(H,19,24). The zero-order valence-electron chi connectivity index (χ0n) is 14.0. The molecule has 0 bridgehead atoms. The minimum atomic E-state index is -0.538. The van der Waals surface area contributed by atoms with Crippen LogP contribution < -0.4 is 11.1 Å². The van der Waals surface area contributed by atoms with Crippen molar-refractivity contribution in [1.82, 2.24) is 14.8 Å². The number of rotatable bonds is 7. The molecule has 2 amide bonds. The predicted octanol–water partition coefficient (Wildman–Crippen LogP) is 2.06. The first kappa shape index (κ1) is 17.7. The molecule has 0 aliphatic rings. The average molecular weight is 371 g/mol. The summed E-state index contributed by atoms with van der Waals surface area (Å²) in [5.74, 6) is 0.246. The fourth-order valence-electron chi connectivity index (χ4n) is 2.31. The third-order valence-electron chi connectivity index (χ3n) is 3.52. The van der Waals surface area contributed by atoms with Crippen LogP contribution in [0.1, 0.15) is 5.56 Å². The van der Waals surface area contributed by atoms with E-state index in [1.54, 1.807) is 12.1 Å². The maximum absolute atomic E-state index is 12.2. The van der Waals surface area contributed by atoms with Gasteiger partial charge in [-0.25, -0.2) is 0 Å². The fraction of sp³-hybridized carbons (Fsp3) is 0.176. The number of nitrogens with two attached hydrogens (primary N) is 1. The number of anilines is 1. The number of amides is 2. The molecular formula is C17H17N5O3S. The van der Waals surface area contributed by atoms with Crippen molar-refractivity contribution in [2.24, 2.45) is 5.73 Å². The van der Waals surface area contributed by atoms with E-state index in [0.717, 1.165) is 11.3 Å². The van der Waals surface area contributed by atoms with Crippen LogP contribution in [0.4, 0.5) is 5.69 Å². The third-order valence-corrected chi connectivity index (χ3v) is 4.49. The molecule has 0 radical (unpaired) electrons. The molecule has 0 fully saturated rings. The van der Waals surface area contributed by atoms with Crippen molar-refractivity contribution in [1.29, 1.82) is 0 Å². The first-order valence-electron chi connectivity index (χ1n) is 7.78. The Morgan fingerprint density at radius 3 is 2.73 bits per heavy atom. The largest absolute Gasteiger partial charge is 0.461 e. The Bertz CT molecular complexity index is 920. The Morgan fingerprint density at radius 1 is 1.23 bits per heavy atom. The number of aryl methyl sites for hydroxylation is 1. The molecule has 8 nitrogen and oxygen atoms in total. The Hall–Kier alpha value is -3.07. The highest BCUT2D eigenvalue weighted by Crippen LogP contribution is 2.24. The molecule has 0 aliphatic carbocycles. The number of nitrogens with zero attached hydrogens (tertiary/aromatic N) is 3. The highest BCUT2D eigenvalue weighted by Gasteiger charge is 2.18. The summed E-state index contributed by atoms with van der Waals surface area (Å²) in [5.41, 5.74) is 7.05. The summed E-state index contributed by atoms with van der Waals surface area (Å²) in [7, 11) is 0. The molecule has 2 aromatic heterocycles. The van der Waals surface area contributed by atoms with Gasteiger partial charge in [0, 0.05) is 5.69 Å². The molecule has 3 rings (SSSR count). The topological polar surface area (TPSA) is 116 Å². The average Bonchev–Trinajstić information content (AvgIpc) is 3.24. The van der Waals surface area contributed by atoms with E-state index < -0.39 is 5.91 Å². The molecule has 26 heavy (non-hydrogen) atoms. The molecule has 0 saturated heterocycles. The van der Waals surface area contributed by atoms with Crippen LogP contribution in [0.15, 0.2) is 52.2 Å². The Morgan fingerprint density at radius 2 is 2.04 bits per heavy atom. The second kappa shape index (κ2) is 7.87. The lowest BCUT2D eigenvalue weighted by Gasteiger charge is -2.09. The number of thioether (sulfide) groups is 1. The molecule has 0 saturated carbocycles. The smallest absolute Gasteiger partial charge is 0.237 e. The quantitative estimate of drug-likeness (QED) is 0.614.